The molecule has 3 rings (SSSR count). The summed E-state index contributed by atoms with van der Waals surface area (Å²) in [6, 6.07) is 7.89. The average molecular weight is 417 g/mol. The van der Waals surface area contributed by atoms with Gasteiger partial charge in [0.1, 0.15) is 10.7 Å². The zero-order valence-electron chi connectivity index (χ0n) is 14.1. The zero-order valence-corrected chi connectivity index (χ0v) is 16.5. The number of pyridine rings is 1. The van der Waals surface area contributed by atoms with E-state index >= 15 is 0 Å². The third-order valence-electron chi connectivity index (χ3n) is 3.65. The minimum Gasteiger partial charge on any atom is -0.321 e. The number of benzene rings is 1. The normalized spacial score (nSPS) is 10.6. The Hall–Kier alpha value is -2.25. The molecule has 0 fully saturated rings. The number of rotatable bonds is 4. The predicted molar refractivity (Wildman–Crippen MR) is 106 cm³/mol. The summed E-state index contributed by atoms with van der Waals surface area (Å²) in [6.45, 7) is 5.92. The molecular formula is C18H17BrN4OS. The smallest absolute Gasteiger partial charge is 0.267 e. The van der Waals surface area contributed by atoms with Crippen molar-refractivity contribution in [1.29, 1.82) is 0 Å². The number of nitrogens with one attached hydrogen (secondary N) is 2. The number of aromatic nitrogens is 2. The molecule has 2 N–H and O–H groups in total. The van der Waals surface area contributed by atoms with Gasteiger partial charge < -0.3 is 10.6 Å². The van der Waals surface area contributed by atoms with Crippen molar-refractivity contribution in [2.45, 2.75) is 20.8 Å². The van der Waals surface area contributed by atoms with Crippen LogP contribution in [0.5, 0.6) is 0 Å². The van der Waals surface area contributed by atoms with E-state index in [0.29, 0.717) is 15.8 Å². The second kappa shape index (κ2) is 7.33. The van der Waals surface area contributed by atoms with Crippen LogP contribution in [-0.2, 0) is 0 Å². The van der Waals surface area contributed by atoms with Crippen molar-refractivity contribution in [3.8, 4) is 0 Å². The van der Waals surface area contributed by atoms with Crippen molar-refractivity contribution in [2.75, 3.05) is 10.6 Å². The van der Waals surface area contributed by atoms with Crippen LogP contribution in [0.15, 0.2) is 41.1 Å². The molecule has 0 atom stereocenters. The highest BCUT2D eigenvalue weighted by molar-refractivity contribution is 9.10. The van der Waals surface area contributed by atoms with E-state index in [2.05, 4.69) is 36.5 Å². The number of anilines is 3. The van der Waals surface area contributed by atoms with E-state index in [-0.39, 0.29) is 5.91 Å². The highest BCUT2D eigenvalue weighted by atomic mass is 79.9. The van der Waals surface area contributed by atoms with Crippen LogP contribution in [0.2, 0.25) is 0 Å². The summed E-state index contributed by atoms with van der Waals surface area (Å²) in [7, 11) is 0. The Bertz CT molecular complexity index is 918. The molecule has 0 saturated heterocycles. The van der Waals surface area contributed by atoms with Crippen molar-refractivity contribution in [2.24, 2.45) is 0 Å². The van der Waals surface area contributed by atoms with Crippen LogP contribution in [0, 0.1) is 20.8 Å². The summed E-state index contributed by atoms with van der Waals surface area (Å²) in [5.41, 5.74) is 3.97. The summed E-state index contributed by atoms with van der Waals surface area (Å²) in [5, 5.41) is 6.71. The zero-order chi connectivity index (χ0) is 18.0. The molecule has 128 valence electrons. The number of carbonyl (C=O) groups excluding carboxylic acids is 1. The van der Waals surface area contributed by atoms with Crippen LogP contribution < -0.4 is 10.6 Å². The van der Waals surface area contributed by atoms with Crippen molar-refractivity contribution < 1.29 is 4.79 Å². The molecule has 0 unspecified atom stereocenters. The van der Waals surface area contributed by atoms with Crippen molar-refractivity contribution >= 4 is 49.8 Å². The van der Waals surface area contributed by atoms with Gasteiger partial charge in [0, 0.05) is 11.9 Å². The maximum Gasteiger partial charge on any atom is 0.267 e. The van der Waals surface area contributed by atoms with Gasteiger partial charge in [-0.1, -0.05) is 29.5 Å². The van der Waals surface area contributed by atoms with Gasteiger partial charge in [0.05, 0.1) is 10.7 Å². The first-order valence-electron chi connectivity index (χ1n) is 7.66. The number of hydrogen-bond acceptors (Lipinski definition) is 5. The molecule has 0 aliphatic rings. The minimum absolute atomic E-state index is 0.168. The fourth-order valence-electron chi connectivity index (χ4n) is 2.35. The molecule has 2 heterocycles. The third-order valence-corrected chi connectivity index (χ3v) is 5.17. The van der Waals surface area contributed by atoms with Crippen LogP contribution in [0.3, 0.4) is 0 Å². The number of aryl methyl sites for hydroxylation is 3. The Morgan fingerprint density at radius 1 is 1.12 bits per heavy atom. The Labute approximate surface area is 158 Å². The maximum atomic E-state index is 12.5. The van der Waals surface area contributed by atoms with Crippen LogP contribution in [0.4, 0.5) is 16.6 Å². The lowest BCUT2D eigenvalue weighted by molar-refractivity contribution is 0.103. The molecule has 1 amide bonds. The van der Waals surface area contributed by atoms with Gasteiger partial charge in [0.25, 0.3) is 5.91 Å². The summed E-state index contributed by atoms with van der Waals surface area (Å²) >= 11 is 4.76. The third kappa shape index (κ3) is 4.05. The number of thiazole rings is 1. The highest BCUT2D eigenvalue weighted by Gasteiger charge is 2.14. The molecule has 0 spiro atoms. The monoisotopic (exact) mass is 416 g/mol. The largest absolute Gasteiger partial charge is 0.321 e. The highest BCUT2D eigenvalue weighted by Crippen LogP contribution is 2.28. The topological polar surface area (TPSA) is 66.9 Å². The first kappa shape index (κ1) is 17.6. The lowest BCUT2D eigenvalue weighted by Gasteiger charge is -2.10. The molecule has 0 radical (unpaired) electrons. The second-order valence-electron chi connectivity index (χ2n) is 5.72. The molecule has 0 aliphatic carbocycles. The van der Waals surface area contributed by atoms with E-state index < -0.39 is 0 Å². The summed E-state index contributed by atoms with van der Waals surface area (Å²) in [4.78, 5) is 21.6. The van der Waals surface area contributed by atoms with Crippen LogP contribution >= 0.6 is 27.3 Å². The van der Waals surface area contributed by atoms with Gasteiger partial charge in [-0.3, -0.25) is 4.79 Å². The Balaban J connectivity index is 1.75. The fraction of sp³-hybridized carbons (Fsp3) is 0.167. The van der Waals surface area contributed by atoms with Crippen LogP contribution in [0.1, 0.15) is 26.4 Å². The molecular weight excluding hydrogens is 400 g/mol. The fourth-order valence-corrected chi connectivity index (χ4v) is 3.62. The van der Waals surface area contributed by atoms with E-state index in [1.807, 2.05) is 45.0 Å². The standard InChI is InChI=1S/C18H17BrN4OS/c1-10-7-13(19)16(20-8-10)23-18-21-9-14(25-18)17(24)22-15-11(2)5-4-6-12(15)3/h4-9H,1-3H3,(H,22,24)(H,20,21,23). The van der Waals surface area contributed by atoms with E-state index in [4.69, 9.17) is 0 Å². The molecule has 0 saturated carbocycles. The van der Waals surface area contributed by atoms with E-state index in [0.717, 1.165) is 26.9 Å². The number of halogens is 1. The minimum atomic E-state index is -0.168. The first-order valence-corrected chi connectivity index (χ1v) is 9.27. The number of hydrogen-bond donors (Lipinski definition) is 2. The first-order chi connectivity index (χ1) is 11.9. The van der Waals surface area contributed by atoms with Gasteiger partial charge in [-0.15, -0.1) is 0 Å². The van der Waals surface area contributed by atoms with Crippen LogP contribution in [-0.4, -0.2) is 15.9 Å². The second-order valence-corrected chi connectivity index (χ2v) is 7.60. The number of amides is 1. The predicted octanol–water partition coefficient (Wildman–Crippen LogP) is 5.22. The van der Waals surface area contributed by atoms with Crippen molar-refractivity contribution in [3.63, 3.8) is 0 Å². The van der Waals surface area contributed by atoms with Crippen LogP contribution in [0.25, 0.3) is 0 Å². The van der Waals surface area contributed by atoms with E-state index in [1.165, 1.54) is 11.3 Å². The Morgan fingerprint density at radius 2 is 1.84 bits per heavy atom. The lowest BCUT2D eigenvalue weighted by atomic mass is 10.1. The summed E-state index contributed by atoms with van der Waals surface area (Å²) < 4.78 is 0.851. The van der Waals surface area contributed by atoms with Gasteiger partial charge in [-0.05, 0) is 59.5 Å². The summed E-state index contributed by atoms with van der Waals surface area (Å²) in [5.74, 6) is 0.500. The van der Waals surface area contributed by atoms with Gasteiger partial charge in [-0.2, -0.15) is 0 Å². The SMILES string of the molecule is Cc1cnc(Nc2ncc(C(=O)Nc3c(C)cccc3C)s2)c(Br)c1. The van der Waals surface area contributed by atoms with Gasteiger partial charge in [0.15, 0.2) is 5.13 Å². The number of nitrogens with zero attached hydrogens (tertiary/aromatic N) is 2. The van der Waals surface area contributed by atoms with Gasteiger partial charge >= 0.3 is 0 Å². The molecule has 7 heteroatoms. The Kier molecular flexibility index (Phi) is 5.15. The van der Waals surface area contributed by atoms with Gasteiger partial charge in [0.2, 0.25) is 0 Å². The van der Waals surface area contributed by atoms with E-state index in [1.54, 1.807) is 12.4 Å². The van der Waals surface area contributed by atoms with E-state index in [9.17, 15) is 4.79 Å². The number of carbonyl (C=O) groups is 1. The quantitative estimate of drug-likeness (QED) is 0.611. The molecule has 0 aliphatic heterocycles. The molecule has 2 aromatic heterocycles. The molecule has 1 aromatic carbocycles. The molecule has 0 bridgehead atoms. The Morgan fingerprint density at radius 3 is 2.52 bits per heavy atom. The molecule has 25 heavy (non-hydrogen) atoms. The summed E-state index contributed by atoms with van der Waals surface area (Å²) in [6.07, 6.45) is 3.34. The van der Waals surface area contributed by atoms with Crippen molar-refractivity contribution in [1.82, 2.24) is 9.97 Å². The molecule has 5 nitrogen and oxygen atoms in total. The molecule has 3 aromatic rings. The lowest BCUT2D eigenvalue weighted by Crippen LogP contribution is -2.12. The average Bonchev–Trinajstić information content (AvgIpc) is 3.02. The van der Waals surface area contributed by atoms with Crippen molar-refractivity contribution in [3.05, 3.63) is 62.7 Å². The number of para-hydroxylation sites is 1. The maximum absolute atomic E-state index is 12.5. The van der Waals surface area contributed by atoms with Gasteiger partial charge in [-0.25, -0.2) is 9.97 Å².